The van der Waals surface area contributed by atoms with Crippen molar-refractivity contribution in [1.82, 2.24) is 3.97 Å². The molecule has 4 aromatic rings. The van der Waals surface area contributed by atoms with Gasteiger partial charge in [-0.2, -0.15) is 0 Å². The summed E-state index contributed by atoms with van der Waals surface area (Å²) >= 11 is 6.33. The van der Waals surface area contributed by atoms with Crippen molar-refractivity contribution in [3.05, 3.63) is 100 Å². The third-order valence-corrected chi connectivity index (χ3v) is 7.78. The summed E-state index contributed by atoms with van der Waals surface area (Å²) in [5.74, 6) is -1.53. The van der Waals surface area contributed by atoms with Crippen molar-refractivity contribution in [1.29, 1.82) is 0 Å². The van der Waals surface area contributed by atoms with Gasteiger partial charge in [-0.1, -0.05) is 48.0 Å². The lowest BCUT2D eigenvalue weighted by atomic mass is 10.0. The normalized spacial score (nSPS) is 16.0. The lowest BCUT2D eigenvalue weighted by molar-refractivity contribution is -0.148. The number of hydrogen-bond acceptors (Lipinski definition) is 4. The number of halogens is 2. The van der Waals surface area contributed by atoms with Crippen LogP contribution in [-0.2, 0) is 25.3 Å². The van der Waals surface area contributed by atoms with Crippen molar-refractivity contribution in [3.63, 3.8) is 0 Å². The molecule has 3 aromatic carbocycles. The second-order valence-electron chi connectivity index (χ2n) is 8.03. The Hall–Kier alpha value is -2.97. The first kappa shape index (κ1) is 22.8. The van der Waals surface area contributed by atoms with Crippen molar-refractivity contribution in [2.24, 2.45) is 0 Å². The van der Waals surface area contributed by atoms with E-state index in [4.69, 9.17) is 21.1 Å². The Kier molecular flexibility index (Phi) is 5.81. The molecule has 1 saturated heterocycles. The highest BCUT2D eigenvalue weighted by atomic mass is 35.5. The van der Waals surface area contributed by atoms with Gasteiger partial charge >= 0.3 is 0 Å². The van der Waals surface area contributed by atoms with Crippen LogP contribution in [0.5, 0.6) is 0 Å². The molecule has 0 N–H and O–H groups in total. The Bertz CT molecular complexity index is 1490. The number of fused-ring (bicyclic) bond motifs is 1. The minimum atomic E-state index is -4.00. The predicted molar refractivity (Wildman–Crippen MR) is 131 cm³/mol. The maximum absolute atomic E-state index is 13.9. The summed E-state index contributed by atoms with van der Waals surface area (Å²) < 4.78 is 54.4. The van der Waals surface area contributed by atoms with Crippen LogP contribution in [0.15, 0.2) is 77.7 Å². The topological polar surface area (TPSA) is 57.5 Å². The van der Waals surface area contributed by atoms with Crippen LogP contribution in [0.1, 0.15) is 23.7 Å². The molecule has 0 aliphatic carbocycles. The number of benzene rings is 3. The van der Waals surface area contributed by atoms with Crippen molar-refractivity contribution in [2.45, 2.75) is 17.6 Å². The number of nitrogens with zero attached hydrogens (tertiary/aromatic N) is 1. The van der Waals surface area contributed by atoms with Gasteiger partial charge in [0.25, 0.3) is 10.0 Å². The van der Waals surface area contributed by atoms with Crippen molar-refractivity contribution in [2.75, 3.05) is 13.2 Å². The van der Waals surface area contributed by atoms with E-state index in [-0.39, 0.29) is 10.7 Å². The monoisotopic (exact) mass is 497 g/mol. The number of rotatable bonds is 5. The van der Waals surface area contributed by atoms with E-state index in [9.17, 15) is 12.8 Å². The zero-order chi connectivity index (χ0) is 23.9. The summed E-state index contributed by atoms with van der Waals surface area (Å²) in [5, 5.41) is 1.06. The smallest absolute Gasteiger partial charge is 0.268 e. The van der Waals surface area contributed by atoms with Crippen molar-refractivity contribution in [3.8, 4) is 0 Å². The molecule has 0 radical (unpaired) electrons. The van der Waals surface area contributed by atoms with E-state index < -0.39 is 15.8 Å². The lowest BCUT2D eigenvalue weighted by Crippen LogP contribution is -2.24. The Balaban J connectivity index is 1.84. The molecule has 0 atom stereocenters. The fourth-order valence-corrected chi connectivity index (χ4v) is 5.96. The molecule has 1 aliphatic rings. The minimum absolute atomic E-state index is 0.142. The Morgan fingerprint density at radius 3 is 2.32 bits per heavy atom. The van der Waals surface area contributed by atoms with E-state index in [2.05, 4.69) is 0 Å². The molecular weight excluding hydrogens is 477 g/mol. The average molecular weight is 498 g/mol. The molecule has 0 bridgehead atoms. The van der Waals surface area contributed by atoms with E-state index in [1.807, 2.05) is 0 Å². The van der Waals surface area contributed by atoms with Gasteiger partial charge in [-0.15, -0.1) is 0 Å². The second kappa shape index (κ2) is 8.67. The molecule has 5 nitrogen and oxygen atoms in total. The highest BCUT2D eigenvalue weighted by Crippen LogP contribution is 2.42. The summed E-state index contributed by atoms with van der Waals surface area (Å²) in [6.07, 6.45) is 3.42. The van der Waals surface area contributed by atoms with Gasteiger partial charge in [0.05, 0.1) is 29.3 Å². The van der Waals surface area contributed by atoms with Gasteiger partial charge in [-0.3, -0.25) is 0 Å². The zero-order valence-electron chi connectivity index (χ0n) is 18.2. The molecule has 0 saturated carbocycles. The van der Waals surface area contributed by atoms with Crippen LogP contribution >= 0.6 is 11.6 Å². The summed E-state index contributed by atoms with van der Waals surface area (Å²) in [6, 6.07) is 19.2. The number of aromatic nitrogens is 1. The molecular formula is C26H21ClFNO4S. The van der Waals surface area contributed by atoms with Gasteiger partial charge in [0.2, 0.25) is 0 Å². The molecule has 0 spiro atoms. The fourth-order valence-electron chi connectivity index (χ4n) is 4.25. The number of ether oxygens (including phenoxy) is 2. The molecule has 5 rings (SSSR count). The van der Waals surface area contributed by atoms with E-state index in [1.165, 1.54) is 16.1 Å². The van der Waals surface area contributed by atoms with E-state index in [1.54, 1.807) is 79.7 Å². The van der Waals surface area contributed by atoms with Crippen LogP contribution in [-0.4, -0.2) is 25.6 Å². The SMILES string of the molecule is CC1(c2c(C=Cc3ccc(F)cc3)n(S(=O)(=O)c3ccccc3)c3ccc(Cl)cc23)OCCO1. The second-order valence-corrected chi connectivity index (χ2v) is 10.3. The molecule has 0 unspecified atom stereocenters. The first-order valence-electron chi connectivity index (χ1n) is 10.7. The molecule has 0 amide bonds. The third kappa shape index (κ3) is 3.95. The summed E-state index contributed by atoms with van der Waals surface area (Å²) in [7, 11) is -4.00. The average Bonchev–Trinajstić information content (AvgIpc) is 3.41. The maximum atomic E-state index is 13.9. The van der Waals surface area contributed by atoms with E-state index >= 15 is 0 Å². The van der Waals surface area contributed by atoms with Crippen LogP contribution in [0.4, 0.5) is 4.39 Å². The third-order valence-electron chi connectivity index (χ3n) is 5.80. The number of hydrogen-bond donors (Lipinski definition) is 0. The van der Waals surface area contributed by atoms with Crippen LogP contribution in [0.2, 0.25) is 5.02 Å². The summed E-state index contributed by atoms with van der Waals surface area (Å²) in [4.78, 5) is 0.142. The summed E-state index contributed by atoms with van der Waals surface area (Å²) in [6.45, 7) is 2.51. The molecule has 8 heteroatoms. The van der Waals surface area contributed by atoms with Gasteiger partial charge in [-0.25, -0.2) is 16.8 Å². The van der Waals surface area contributed by atoms with Gasteiger partial charge in [-0.05, 0) is 61.0 Å². The molecule has 2 heterocycles. The first-order valence-corrected chi connectivity index (χ1v) is 12.5. The molecule has 34 heavy (non-hydrogen) atoms. The Labute approximate surface area is 202 Å². The van der Waals surface area contributed by atoms with Crippen LogP contribution < -0.4 is 0 Å². The molecule has 1 fully saturated rings. The van der Waals surface area contributed by atoms with Gasteiger partial charge in [0.1, 0.15) is 5.82 Å². The van der Waals surface area contributed by atoms with E-state index in [0.29, 0.717) is 46.0 Å². The van der Waals surface area contributed by atoms with Crippen LogP contribution in [0.25, 0.3) is 23.1 Å². The van der Waals surface area contributed by atoms with Crippen LogP contribution in [0, 0.1) is 5.82 Å². The highest BCUT2D eigenvalue weighted by Gasteiger charge is 2.40. The quantitative estimate of drug-likeness (QED) is 0.336. The Morgan fingerprint density at radius 2 is 1.65 bits per heavy atom. The van der Waals surface area contributed by atoms with Gasteiger partial charge in [0.15, 0.2) is 5.79 Å². The summed E-state index contributed by atoms with van der Waals surface area (Å²) in [5.41, 5.74) is 2.08. The van der Waals surface area contributed by atoms with Gasteiger partial charge in [0, 0.05) is 16.0 Å². The zero-order valence-corrected chi connectivity index (χ0v) is 19.8. The fraction of sp³-hybridized carbons (Fsp3) is 0.154. The van der Waals surface area contributed by atoms with Crippen LogP contribution in [0.3, 0.4) is 0 Å². The maximum Gasteiger partial charge on any atom is 0.268 e. The lowest BCUT2D eigenvalue weighted by Gasteiger charge is -2.23. The first-order chi connectivity index (χ1) is 16.3. The highest BCUT2D eigenvalue weighted by molar-refractivity contribution is 7.90. The Morgan fingerprint density at radius 1 is 0.971 bits per heavy atom. The minimum Gasteiger partial charge on any atom is -0.344 e. The molecule has 1 aliphatic heterocycles. The van der Waals surface area contributed by atoms with E-state index in [0.717, 1.165) is 0 Å². The standard InChI is InChI=1S/C26H21ClFNO4S/c1-26(32-15-16-33-26)25-22-17-19(27)10-14-23(22)29(34(30,31)21-5-3-2-4-6-21)24(25)13-9-18-7-11-20(28)12-8-18/h2-14,17H,15-16H2,1H3. The largest absolute Gasteiger partial charge is 0.344 e. The van der Waals surface area contributed by atoms with Crippen molar-refractivity contribution >= 4 is 44.7 Å². The molecule has 174 valence electrons. The molecule has 1 aromatic heterocycles. The van der Waals surface area contributed by atoms with Gasteiger partial charge < -0.3 is 9.47 Å². The van der Waals surface area contributed by atoms with Crippen molar-refractivity contribution < 1.29 is 22.3 Å². The predicted octanol–water partition coefficient (Wildman–Crippen LogP) is 6.06.